The van der Waals surface area contributed by atoms with Gasteiger partial charge in [0.15, 0.2) is 0 Å². The lowest BCUT2D eigenvalue weighted by Gasteiger charge is -2.31. The predicted molar refractivity (Wildman–Crippen MR) is 107 cm³/mol. The Kier molecular flexibility index (Phi) is 5.40. The highest BCUT2D eigenvalue weighted by molar-refractivity contribution is 7.17. The van der Waals surface area contributed by atoms with Crippen molar-refractivity contribution >= 4 is 34.0 Å². The van der Waals surface area contributed by atoms with Crippen LogP contribution in [0.3, 0.4) is 0 Å². The van der Waals surface area contributed by atoms with E-state index in [0.717, 1.165) is 35.2 Å². The minimum absolute atomic E-state index is 0.0446. The van der Waals surface area contributed by atoms with Crippen molar-refractivity contribution in [1.29, 1.82) is 0 Å². The van der Waals surface area contributed by atoms with Gasteiger partial charge in [-0.2, -0.15) is 0 Å². The van der Waals surface area contributed by atoms with Crippen LogP contribution in [0.15, 0.2) is 48.8 Å². The van der Waals surface area contributed by atoms with E-state index in [4.69, 9.17) is 11.6 Å². The Balaban J connectivity index is 1.37. The molecule has 27 heavy (non-hydrogen) atoms. The molecule has 1 atom stereocenters. The number of benzene rings is 1. The van der Waals surface area contributed by atoms with Gasteiger partial charge < -0.3 is 10.2 Å². The number of nitrogens with zero attached hydrogens (tertiary/aromatic N) is 4. The summed E-state index contributed by atoms with van der Waals surface area (Å²) in [6, 6.07) is 11.5. The summed E-state index contributed by atoms with van der Waals surface area (Å²) in [7, 11) is 0. The van der Waals surface area contributed by atoms with Crippen molar-refractivity contribution in [3.8, 4) is 5.13 Å². The summed E-state index contributed by atoms with van der Waals surface area (Å²) in [6.45, 7) is 2.06. The monoisotopic (exact) mass is 401 g/mol. The zero-order valence-corrected chi connectivity index (χ0v) is 16.3. The molecule has 1 aliphatic rings. The smallest absolute Gasteiger partial charge is 0.225 e. The van der Waals surface area contributed by atoms with Gasteiger partial charge in [-0.25, -0.2) is 0 Å². The number of hydrogen-bond acceptors (Lipinski definition) is 5. The Bertz CT molecular complexity index is 910. The summed E-state index contributed by atoms with van der Waals surface area (Å²) < 4.78 is 1.94. The Morgan fingerprint density at radius 3 is 2.85 bits per heavy atom. The number of anilines is 1. The molecule has 8 heteroatoms. The first-order valence-electron chi connectivity index (χ1n) is 8.93. The van der Waals surface area contributed by atoms with Gasteiger partial charge in [-0.15, -0.1) is 10.2 Å². The molecule has 0 unspecified atom stereocenters. The number of carbonyl (C=O) groups is 1. The van der Waals surface area contributed by atoms with Crippen molar-refractivity contribution in [3.05, 3.63) is 59.4 Å². The maximum atomic E-state index is 12.6. The van der Waals surface area contributed by atoms with E-state index in [1.54, 1.807) is 11.3 Å². The molecule has 1 saturated heterocycles. The quantitative estimate of drug-likeness (QED) is 0.710. The van der Waals surface area contributed by atoms with Crippen LogP contribution >= 0.6 is 22.9 Å². The molecule has 0 saturated carbocycles. The van der Waals surface area contributed by atoms with E-state index >= 15 is 0 Å². The molecule has 1 fully saturated rings. The SMILES string of the molecule is O=C(NCc1cccc(Cl)c1)[C@H]1CCCN(c2nnc(-n3cccc3)s2)C1. The van der Waals surface area contributed by atoms with Gasteiger partial charge in [0.25, 0.3) is 0 Å². The molecule has 1 N–H and O–H groups in total. The second-order valence-corrected chi connectivity index (χ2v) is 7.96. The Morgan fingerprint density at radius 1 is 1.22 bits per heavy atom. The van der Waals surface area contributed by atoms with E-state index in [1.165, 1.54) is 0 Å². The number of carbonyl (C=O) groups excluding carboxylic acids is 1. The van der Waals surface area contributed by atoms with E-state index in [0.29, 0.717) is 18.1 Å². The van der Waals surface area contributed by atoms with Crippen molar-refractivity contribution in [2.24, 2.45) is 5.92 Å². The van der Waals surface area contributed by atoms with Gasteiger partial charge in [0, 0.05) is 37.1 Å². The third-order valence-corrected chi connectivity index (χ3v) is 5.88. The molecule has 0 bridgehead atoms. The van der Waals surface area contributed by atoms with Crippen molar-refractivity contribution < 1.29 is 4.79 Å². The summed E-state index contributed by atoms with van der Waals surface area (Å²) in [5, 5.41) is 14.0. The first kappa shape index (κ1) is 18.0. The second-order valence-electron chi connectivity index (χ2n) is 6.59. The minimum Gasteiger partial charge on any atom is -0.352 e. The molecule has 1 aromatic carbocycles. The lowest BCUT2D eigenvalue weighted by molar-refractivity contribution is -0.125. The maximum Gasteiger partial charge on any atom is 0.225 e. The molecule has 0 aliphatic carbocycles. The third kappa shape index (κ3) is 4.31. The van der Waals surface area contributed by atoms with Crippen LogP contribution in [0, 0.1) is 5.92 Å². The van der Waals surface area contributed by atoms with Crippen LogP contribution in [0.25, 0.3) is 5.13 Å². The first-order chi connectivity index (χ1) is 13.2. The molecule has 1 amide bonds. The molecule has 6 nitrogen and oxygen atoms in total. The minimum atomic E-state index is -0.0446. The van der Waals surface area contributed by atoms with E-state index in [2.05, 4.69) is 20.4 Å². The first-order valence-corrected chi connectivity index (χ1v) is 10.1. The molecular formula is C19H20ClN5OS. The van der Waals surface area contributed by atoms with E-state index in [1.807, 2.05) is 53.4 Å². The number of amides is 1. The second kappa shape index (κ2) is 8.10. The van der Waals surface area contributed by atoms with E-state index in [9.17, 15) is 4.79 Å². The molecular weight excluding hydrogens is 382 g/mol. The summed E-state index contributed by atoms with van der Waals surface area (Å²) in [6.07, 6.45) is 5.76. The molecule has 4 rings (SSSR count). The highest BCUT2D eigenvalue weighted by Crippen LogP contribution is 2.28. The summed E-state index contributed by atoms with van der Waals surface area (Å²) in [4.78, 5) is 14.8. The highest BCUT2D eigenvalue weighted by Gasteiger charge is 2.27. The van der Waals surface area contributed by atoms with Crippen LogP contribution in [0.5, 0.6) is 0 Å². The molecule has 3 heterocycles. The Morgan fingerprint density at radius 2 is 2.04 bits per heavy atom. The Hall–Kier alpha value is -2.38. The molecule has 140 valence electrons. The standard InChI is InChI=1S/C19H20ClN5OS/c20-16-7-3-5-14(11-16)12-21-17(26)15-6-4-10-25(13-15)19-23-22-18(27-19)24-8-1-2-9-24/h1-3,5,7-9,11,15H,4,6,10,12-13H2,(H,21,26)/t15-/m0/s1. The number of halogens is 1. The van der Waals surface area contributed by atoms with Crippen LogP contribution in [0.4, 0.5) is 5.13 Å². The van der Waals surface area contributed by atoms with Gasteiger partial charge in [-0.3, -0.25) is 9.36 Å². The molecule has 1 aliphatic heterocycles. The molecule has 2 aromatic heterocycles. The summed E-state index contributed by atoms with van der Waals surface area (Å²) in [5.41, 5.74) is 1.00. The van der Waals surface area contributed by atoms with Gasteiger partial charge in [0.05, 0.1) is 5.92 Å². The van der Waals surface area contributed by atoms with Gasteiger partial charge in [0.1, 0.15) is 0 Å². The predicted octanol–water partition coefficient (Wildman–Crippen LogP) is 3.52. The van der Waals surface area contributed by atoms with E-state index < -0.39 is 0 Å². The Labute approximate surface area is 166 Å². The highest BCUT2D eigenvalue weighted by atomic mass is 35.5. The topological polar surface area (TPSA) is 63.1 Å². The summed E-state index contributed by atoms with van der Waals surface area (Å²) >= 11 is 7.54. The lowest BCUT2D eigenvalue weighted by Crippen LogP contribution is -2.43. The number of piperidine rings is 1. The van der Waals surface area contributed by atoms with Gasteiger partial charge in [0.2, 0.25) is 16.2 Å². The normalized spacial score (nSPS) is 17.1. The van der Waals surface area contributed by atoms with Crippen LogP contribution in [-0.4, -0.2) is 33.8 Å². The van der Waals surface area contributed by atoms with Crippen molar-refractivity contribution in [3.63, 3.8) is 0 Å². The van der Waals surface area contributed by atoms with Crippen LogP contribution in [-0.2, 0) is 11.3 Å². The zero-order chi connectivity index (χ0) is 18.6. The molecule has 0 radical (unpaired) electrons. The van der Waals surface area contributed by atoms with Gasteiger partial charge in [-0.05, 0) is 42.7 Å². The number of nitrogens with one attached hydrogen (secondary N) is 1. The van der Waals surface area contributed by atoms with E-state index in [-0.39, 0.29) is 11.8 Å². The number of rotatable bonds is 5. The van der Waals surface area contributed by atoms with Crippen LogP contribution in [0.1, 0.15) is 18.4 Å². The van der Waals surface area contributed by atoms with Crippen molar-refractivity contribution in [1.82, 2.24) is 20.1 Å². The average molecular weight is 402 g/mol. The molecule has 0 spiro atoms. The van der Waals surface area contributed by atoms with Crippen LogP contribution < -0.4 is 10.2 Å². The number of hydrogen-bond donors (Lipinski definition) is 1. The largest absolute Gasteiger partial charge is 0.352 e. The fourth-order valence-electron chi connectivity index (χ4n) is 3.25. The van der Waals surface area contributed by atoms with Crippen molar-refractivity contribution in [2.75, 3.05) is 18.0 Å². The number of aromatic nitrogens is 3. The summed E-state index contributed by atoms with van der Waals surface area (Å²) in [5.74, 6) is 0.0340. The average Bonchev–Trinajstić information content (AvgIpc) is 3.38. The lowest BCUT2D eigenvalue weighted by atomic mass is 9.97. The van der Waals surface area contributed by atoms with Crippen molar-refractivity contribution in [2.45, 2.75) is 19.4 Å². The van der Waals surface area contributed by atoms with Crippen LogP contribution in [0.2, 0.25) is 5.02 Å². The van der Waals surface area contributed by atoms with Gasteiger partial charge in [-0.1, -0.05) is 35.1 Å². The third-order valence-electron chi connectivity index (χ3n) is 4.65. The fraction of sp³-hybridized carbons (Fsp3) is 0.316. The maximum absolute atomic E-state index is 12.6. The molecule has 3 aromatic rings. The zero-order valence-electron chi connectivity index (χ0n) is 14.7. The fourth-order valence-corrected chi connectivity index (χ4v) is 4.31. The van der Waals surface area contributed by atoms with Gasteiger partial charge >= 0.3 is 0 Å².